The first kappa shape index (κ1) is 12.1. The van der Waals surface area contributed by atoms with Crippen LogP contribution in [0.25, 0.3) is 0 Å². The molecule has 0 fully saturated rings. The second-order valence-corrected chi connectivity index (χ2v) is 4.08. The van der Waals surface area contributed by atoms with E-state index in [4.69, 9.17) is 5.73 Å². The number of nitrogens with two attached hydrogens (primary N) is 1. The van der Waals surface area contributed by atoms with Gasteiger partial charge >= 0.3 is 0 Å². The van der Waals surface area contributed by atoms with Gasteiger partial charge in [0.15, 0.2) is 0 Å². The summed E-state index contributed by atoms with van der Waals surface area (Å²) < 4.78 is 0.748. The van der Waals surface area contributed by atoms with Gasteiger partial charge in [-0.15, -0.1) is 0 Å². The maximum atomic E-state index is 11.5. The fourth-order valence-corrected chi connectivity index (χ4v) is 1.47. The Hall–Kier alpha value is -0.940. The van der Waals surface area contributed by atoms with Crippen molar-refractivity contribution in [2.45, 2.75) is 26.3 Å². The molecule has 1 aromatic heterocycles. The molecule has 0 spiro atoms. The van der Waals surface area contributed by atoms with E-state index in [1.54, 1.807) is 12.1 Å². The predicted octanol–water partition coefficient (Wildman–Crippen LogP) is 1.83. The second-order valence-electron chi connectivity index (χ2n) is 3.27. The molecule has 0 bridgehead atoms. The molecule has 1 rings (SSSR count). The quantitative estimate of drug-likeness (QED) is 0.825. The molecule has 1 amide bonds. The van der Waals surface area contributed by atoms with Gasteiger partial charge in [0.2, 0.25) is 5.91 Å². The number of hydrogen-bond donors (Lipinski definition) is 2. The molecule has 0 radical (unpaired) electrons. The minimum absolute atomic E-state index is 0.176. The number of amides is 1. The Kier molecular flexibility index (Phi) is 4.23. The zero-order valence-corrected chi connectivity index (χ0v) is 10.3. The van der Waals surface area contributed by atoms with Crippen molar-refractivity contribution in [2.24, 2.45) is 5.73 Å². The van der Waals surface area contributed by atoms with Crippen LogP contribution in [0.3, 0.4) is 0 Å². The largest absolute Gasteiger partial charge is 0.323 e. The van der Waals surface area contributed by atoms with Crippen LogP contribution in [0.1, 0.15) is 19.0 Å². The maximum Gasteiger partial charge on any atom is 0.241 e. The molecule has 0 saturated heterocycles. The molecule has 82 valence electrons. The van der Waals surface area contributed by atoms with E-state index in [0.717, 1.165) is 10.3 Å². The molecule has 1 aromatic rings. The topological polar surface area (TPSA) is 68.0 Å². The summed E-state index contributed by atoms with van der Waals surface area (Å²) in [5.41, 5.74) is 7.07. The molecule has 3 N–H and O–H groups in total. The highest BCUT2D eigenvalue weighted by atomic mass is 79.9. The molecule has 1 heterocycles. The summed E-state index contributed by atoms with van der Waals surface area (Å²) in [6.07, 6.45) is 0.620. The molecule has 0 saturated carbocycles. The lowest BCUT2D eigenvalue weighted by molar-refractivity contribution is -0.117. The van der Waals surface area contributed by atoms with Crippen molar-refractivity contribution in [1.82, 2.24) is 4.98 Å². The van der Waals surface area contributed by atoms with Gasteiger partial charge in [-0.05, 0) is 41.4 Å². The smallest absolute Gasteiger partial charge is 0.241 e. The molecule has 4 nitrogen and oxygen atoms in total. The van der Waals surface area contributed by atoms with Crippen molar-refractivity contribution in [1.29, 1.82) is 0 Å². The lowest BCUT2D eigenvalue weighted by Gasteiger charge is -2.11. The molecule has 0 aliphatic heterocycles. The summed E-state index contributed by atoms with van der Waals surface area (Å²) in [4.78, 5) is 15.7. The van der Waals surface area contributed by atoms with Crippen LogP contribution >= 0.6 is 15.9 Å². The molecular weight excluding hydrogens is 258 g/mol. The number of carbonyl (C=O) groups is 1. The van der Waals surface area contributed by atoms with Gasteiger partial charge in [-0.3, -0.25) is 4.79 Å². The Morgan fingerprint density at radius 1 is 1.67 bits per heavy atom. The summed E-state index contributed by atoms with van der Waals surface area (Å²) in [6.45, 7) is 3.70. The lowest BCUT2D eigenvalue weighted by Crippen LogP contribution is -2.35. The van der Waals surface area contributed by atoms with Gasteiger partial charge in [-0.2, -0.15) is 0 Å². The minimum atomic E-state index is -0.465. The third kappa shape index (κ3) is 3.28. The Labute approximate surface area is 97.4 Å². The normalized spacial score (nSPS) is 12.3. The number of halogens is 1. The summed E-state index contributed by atoms with van der Waals surface area (Å²) >= 11 is 3.26. The van der Waals surface area contributed by atoms with Crippen molar-refractivity contribution in [3.63, 3.8) is 0 Å². The Balaban J connectivity index is 2.77. The van der Waals surface area contributed by atoms with Crippen LogP contribution < -0.4 is 11.1 Å². The standard InChI is InChI=1S/C10H14BrN3O/c1-3-7(12)10(15)14-8-4-5-9(11)13-6(8)2/h4-5,7H,3,12H2,1-2H3,(H,14,15)/t7-/m0/s1. The summed E-state index contributed by atoms with van der Waals surface area (Å²) in [5, 5.41) is 2.74. The van der Waals surface area contributed by atoms with Crippen LogP contribution in [-0.4, -0.2) is 16.9 Å². The van der Waals surface area contributed by atoms with Crippen LogP contribution in [0.4, 0.5) is 5.69 Å². The highest BCUT2D eigenvalue weighted by Gasteiger charge is 2.12. The third-order valence-electron chi connectivity index (χ3n) is 2.09. The van der Waals surface area contributed by atoms with E-state index in [2.05, 4.69) is 26.2 Å². The third-order valence-corrected chi connectivity index (χ3v) is 2.53. The lowest BCUT2D eigenvalue weighted by atomic mass is 10.2. The van der Waals surface area contributed by atoms with E-state index in [9.17, 15) is 4.79 Å². The molecule has 0 aliphatic carbocycles. The predicted molar refractivity (Wildman–Crippen MR) is 63.6 cm³/mol. The zero-order chi connectivity index (χ0) is 11.4. The summed E-state index contributed by atoms with van der Waals surface area (Å²) in [5.74, 6) is -0.176. The number of rotatable bonds is 3. The van der Waals surface area contributed by atoms with E-state index in [1.807, 2.05) is 13.8 Å². The maximum absolute atomic E-state index is 11.5. The zero-order valence-electron chi connectivity index (χ0n) is 8.75. The Morgan fingerprint density at radius 2 is 2.33 bits per heavy atom. The fraction of sp³-hybridized carbons (Fsp3) is 0.400. The number of nitrogens with zero attached hydrogens (tertiary/aromatic N) is 1. The van der Waals surface area contributed by atoms with Crippen molar-refractivity contribution in [2.75, 3.05) is 5.32 Å². The SMILES string of the molecule is CC[C@H](N)C(=O)Nc1ccc(Br)nc1C. The van der Waals surface area contributed by atoms with Crippen LogP contribution in [0.5, 0.6) is 0 Å². The number of aromatic nitrogens is 1. The molecular formula is C10H14BrN3O. The number of anilines is 1. The van der Waals surface area contributed by atoms with E-state index >= 15 is 0 Å². The van der Waals surface area contributed by atoms with Crippen molar-refractivity contribution in [3.05, 3.63) is 22.4 Å². The molecule has 0 unspecified atom stereocenters. The minimum Gasteiger partial charge on any atom is -0.323 e. The van der Waals surface area contributed by atoms with Crippen molar-refractivity contribution in [3.8, 4) is 0 Å². The number of hydrogen-bond acceptors (Lipinski definition) is 3. The highest BCUT2D eigenvalue weighted by molar-refractivity contribution is 9.10. The molecule has 5 heteroatoms. The fourth-order valence-electron chi connectivity index (χ4n) is 1.07. The Morgan fingerprint density at radius 3 is 2.87 bits per heavy atom. The van der Waals surface area contributed by atoms with E-state index in [1.165, 1.54) is 0 Å². The first-order valence-corrected chi connectivity index (χ1v) is 5.53. The number of aryl methyl sites for hydroxylation is 1. The van der Waals surface area contributed by atoms with Crippen LogP contribution in [0.15, 0.2) is 16.7 Å². The highest BCUT2D eigenvalue weighted by Crippen LogP contribution is 2.16. The van der Waals surface area contributed by atoms with Crippen LogP contribution in [0.2, 0.25) is 0 Å². The van der Waals surface area contributed by atoms with Crippen LogP contribution in [-0.2, 0) is 4.79 Å². The van der Waals surface area contributed by atoms with Gasteiger partial charge < -0.3 is 11.1 Å². The molecule has 0 aliphatic rings. The average Bonchev–Trinajstić information content (AvgIpc) is 2.20. The van der Waals surface area contributed by atoms with Gasteiger partial charge in [0, 0.05) is 0 Å². The number of pyridine rings is 1. The van der Waals surface area contributed by atoms with Gasteiger partial charge in [0.1, 0.15) is 4.60 Å². The van der Waals surface area contributed by atoms with Crippen molar-refractivity contribution < 1.29 is 4.79 Å². The van der Waals surface area contributed by atoms with Gasteiger partial charge in [-0.25, -0.2) is 4.98 Å². The Bertz CT molecular complexity index is 368. The molecule has 15 heavy (non-hydrogen) atoms. The van der Waals surface area contributed by atoms with Gasteiger partial charge in [0.25, 0.3) is 0 Å². The van der Waals surface area contributed by atoms with Gasteiger partial charge in [-0.1, -0.05) is 6.92 Å². The summed E-state index contributed by atoms with van der Waals surface area (Å²) in [6, 6.07) is 3.11. The first-order valence-electron chi connectivity index (χ1n) is 4.74. The van der Waals surface area contributed by atoms with Crippen molar-refractivity contribution >= 4 is 27.5 Å². The number of nitrogens with one attached hydrogen (secondary N) is 1. The first-order chi connectivity index (χ1) is 7.04. The average molecular weight is 272 g/mol. The summed E-state index contributed by atoms with van der Waals surface area (Å²) in [7, 11) is 0. The van der Waals surface area contributed by atoms with Gasteiger partial charge in [0.05, 0.1) is 17.4 Å². The van der Waals surface area contributed by atoms with E-state index in [0.29, 0.717) is 12.1 Å². The number of carbonyl (C=O) groups excluding carboxylic acids is 1. The van der Waals surface area contributed by atoms with E-state index in [-0.39, 0.29) is 5.91 Å². The monoisotopic (exact) mass is 271 g/mol. The molecule has 0 aromatic carbocycles. The second kappa shape index (κ2) is 5.23. The van der Waals surface area contributed by atoms with Crippen LogP contribution in [0, 0.1) is 6.92 Å². The molecule has 1 atom stereocenters. The van der Waals surface area contributed by atoms with E-state index < -0.39 is 6.04 Å².